The van der Waals surface area contributed by atoms with Crippen LogP contribution >= 0.6 is 7.82 Å². The first-order valence-electron chi connectivity index (χ1n) is 3.00. The molecule has 0 aromatic rings. The van der Waals surface area contributed by atoms with Gasteiger partial charge in [0.25, 0.3) is 5.09 Å². The van der Waals surface area contributed by atoms with Gasteiger partial charge in [-0.2, -0.15) is 0 Å². The van der Waals surface area contributed by atoms with Gasteiger partial charge in [-0.1, -0.05) is 0 Å². The van der Waals surface area contributed by atoms with Gasteiger partial charge in [-0.05, 0) is 0 Å². The van der Waals surface area contributed by atoms with Gasteiger partial charge in [-0.15, -0.1) is 10.1 Å². The molecule has 0 rings (SSSR count). The van der Waals surface area contributed by atoms with E-state index in [-0.39, 0.29) is 11.9 Å². The van der Waals surface area contributed by atoms with Crippen LogP contribution in [0.15, 0.2) is 0 Å². The van der Waals surface area contributed by atoms with Gasteiger partial charge in [0.15, 0.2) is 11.9 Å². The van der Waals surface area contributed by atoms with Crippen molar-refractivity contribution in [3.05, 3.63) is 10.1 Å². The van der Waals surface area contributed by atoms with Gasteiger partial charge < -0.3 is 42.8 Å². The Morgan fingerprint density at radius 2 is 1.06 bits per heavy atom. The van der Waals surface area contributed by atoms with Gasteiger partial charge in [0.2, 0.25) is 0 Å². The number of nitrogens with two attached hydrogens (primary N) is 4. The standard InChI is InChI=1S/2CH5N3.HNO3.H3O4P/c3*2-1(3)4;1-5(2,3)4/h2*(H5,2,3,4);(H,2,3,4);(H3,1,2,3,4). The van der Waals surface area contributed by atoms with Crippen LogP contribution < -0.4 is 22.9 Å². The molecule has 0 unspecified atom stereocenters. The molecule has 0 aliphatic rings. The molecule has 0 amide bonds. The maximum atomic E-state index is 8.88. The molecule has 0 atom stereocenters. The maximum absolute atomic E-state index is 8.88. The summed E-state index contributed by atoms with van der Waals surface area (Å²) in [4.78, 5) is 29.9. The van der Waals surface area contributed by atoms with Crippen molar-refractivity contribution >= 4 is 19.7 Å². The van der Waals surface area contributed by atoms with Crippen LogP contribution in [0.2, 0.25) is 0 Å². The SMILES string of the molecule is N=C(N)N.N=C(N)N.O=P(O)(O)O.O=[N+]([O-])O. The second-order valence-corrected chi connectivity index (χ2v) is 2.69. The number of nitrogens with one attached hydrogen (secondary N) is 2. The van der Waals surface area contributed by atoms with Crippen LogP contribution in [-0.2, 0) is 4.57 Å². The number of nitrogens with zero attached hydrogens (tertiary/aromatic N) is 1. The second-order valence-electron chi connectivity index (χ2n) is 1.66. The first-order chi connectivity index (χ1) is 7.20. The highest BCUT2D eigenvalue weighted by Gasteiger charge is 2.00. The van der Waals surface area contributed by atoms with Crippen molar-refractivity contribution in [3.8, 4) is 0 Å². The van der Waals surface area contributed by atoms with E-state index in [9.17, 15) is 0 Å². The Labute approximate surface area is 94.2 Å². The normalized spacial score (nSPS) is 7.71. The zero-order chi connectivity index (χ0) is 15.2. The minimum absolute atomic E-state index is 0.333. The fourth-order valence-electron chi connectivity index (χ4n) is 0. The average molecular weight is 279 g/mol. The molecule has 0 aromatic carbocycles. The molecule has 0 heterocycles. The minimum Gasteiger partial charge on any atom is -0.370 e. The molecule has 0 saturated heterocycles. The summed E-state index contributed by atoms with van der Waals surface area (Å²) < 4.78 is 8.88. The summed E-state index contributed by atoms with van der Waals surface area (Å²) in [7, 11) is -4.64. The van der Waals surface area contributed by atoms with Gasteiger partial charge in [0, 0.05) is 0 Å². The van der Waals surface area contributed by atoms with Gasteiger partial charge in [0.05, 0.1) is 0 Å². The first-order valence-corrected chi connectivity index (χ1v) is 4.57. The molecule has 0 aromatic heterocycles. The highest BCUT2D eigenvalue weighted by molar-refractivity contribution is 7.45. The van der Waals surface area contributed by atoms with E-state index in [1.54, 1.807) is 0 Å². The van der Waals surface area contributed by atoms with E-state index in [0.29, 0.717) is 0 Å². The Bertz CT molecular complexity index is 225. The smallest absolute Gasteiger partial charge is 0.370 e. The topological polar surface area (TPSA) is 293 Å². The Kier molecular flexibility index (Phi) is 19.7. The molecule has 104 valence electrons. The first kappa shape index (κ1) is 24.2. The Balaban J connectivity index is -0.0000000667. The summed E-state index contributed by atoms with van der Waals surface area (Å²) in [5.41, 5.74) is 17.9. The lowest BCUT2D eigenvalue weighted by molar-refractivity contribution is -0.742. The highest BCUT2D eigenvalue weighted by Crippen LogP contribution is 2.25. The molecule has 0 saturated carbocycles. The molecule has 0 fully saturated rings. The summed E-state index contributed by atoms with van der Waals surface area (Å²) in [5.74, 6) is -0.667. The lowest BCUT2D eigenvalue weighted by Crippen LogP contribution is -2.20. The van der Waals surface area contributed by atoms with Crippen LogP contribution in [0.5, 0.6) is 0 Å². The molecule has 0 aliphatic carbocycles. The number of guanidine groups is 2. The molecule has 0 aliphatic heterocycles. The third-order valence-corrected chi connectivity index (χ3v) is 0. The van der Waals surface area contributed by atoms with Gasteiger partial charge >= 0.3 is 7.82 Å². The Morgan fingerprint density at radius 3 is 1.06 bits per heavy atom. The molecule has 0 radical (unpaired) electrons. The Morgan fingerprint density at radius 1 is 1.06 bits per heavy atom. The fourth-order valence-corrected chi connectivity index (χ4v) is 0. The van der Waals surface area contributed by atoms with Crippen molar-refractivity contribution < 1.29 is 29.5 Å². The van der Waals surface area contributed by atoms with Crippen molar-refractivity contribution in [2.45, 2.75) is 0 Å². The van der Waals surface area contributed by atoms with Crippen molar-refractivity contribution in [1.29, 1.82) is 10.8 Å². The zero-order valence-electron chi connectivity index (χ0n) is 8.22. The van der Waals surface area contributed by atoms with Gasteiger partial charge in [-0.25, -0.2) is 4.57 Å². The van der Waals surface area contributed by atoms with Crippen molar-refractivity contribution in [2.24, 2.45) is 22.9 Å². The van der Waals surface area contributed by atoms with Gasteiger partial charge in [-0.3, -0.25) is 10.8 Å². The molecule has 0 spiro atoms. The average Bonchev–Trinajstić information content (AvgIpc) is 1.73. The summed E-state index contributed by atoms with van der Waals surface area (Å²) in [6.07, 6.45) is 0. The molecule has 14 nitrogen and oxygen atoms in total. The number of rotatable bonds is 0. The van der Waals surface area contributed by atoms with Crippen molar-refractivity contribution in [3.63, 3.8) is 0 Å². The molecular formula is C2H14N7O7P. The van der Waals surface area contributed by atoms with E-state index in [1.165, 1.54) is 0 Å². The molecule has 17 heavy (non-hydrogen) atoms. The largest absolute Gasteiger partial charge is 0.466 e. The monoisotopic (exact) mass is 279 g/mol. The second kappa shape index (κ2) is 13.8. The molecule has 15 heteroatoms. The zero-order valence-corrected chi connectivity index (χ0v) is 9.11. The Hall–Kier alpha value is -2.15. The van der Waals surface area contributed by atoms with E-state index in [0.717, 1.165) is 0 Å². The number of hydrogen-bond donors (Lipinski definition) is 10. The van der Waals surface area contributed by atoms with E-state index < -0.39 is 12.9 Å². The van der Waals surface area contributed by atoms with Gasteiger partial charge in [0.1, 0.15) is 0 Å². The van der Waals surface area contributed by atoms with E-state index in [2.05, 4.69) is 22.9 Å². The van der Waals surface area contributed by atoms with Crippen LogP contribution in [-0.4, -0.2) is 36.9 Å². The van der Waals surface area contributed by atoms with E-state index in [4.69, 9.17) is 45.4 Å². The third-order valence-electron chi connectivity index (χ3n) is 0. The number of phosphoric acid groups is 1. The number of hydrogen-bond acceptors (Lipinski definition) is 5. The lowest BCUT2D eigenvalue weighted by atomic mass is 11.1. The maximum Gasteiger partial charge on any atom is 0.466 e. The van der Waals surface area contributed by atoms with Crippen LogP contribution in [0, 0.1) is 20.9 Å². The summed E-state index contributed by atoms with van der Waals surface area (Å²) in [6.45, 7) is 0. The van der Waals surface area contributed by atoms with Crippen LogP contribution in [0.25, 0.3) is 0 Å². The molecule has 0 bridgehead atoms. The molecular weight excluding hydrogens is 265 g/mol. The fraction of sp³-hybridized carbons (Fsp3) is 0. The summed E-state index contributed by atoms with van der Waals surface area (Å²) in [5, 5.41) is 25.8. The van der Waals surface area contributed by atoms with Crippen LogP contribution in [0.3, 0.4) is 0 Å². The minimum atomic E-state index is -4.64. The quantitative estimate of drug-likeness (QED) is 0.0678. The molecule has 14 N–H and O–H groups in total. The predicted molar refractivity (Wildman–Crippen MR) is 55.2 cm³/mol. The van der Waals surface area contributed by atoms with Crippen molar-refractivity contribution in [1.82, 2.24) is 0 Å². The van der Waals surface area contributed by atoms with Crippen LogP contribution in [0.4, 0.5) is 0 Å². The summed E-state index contributed by atoms with van der Waals surface area (Å²) in [6, 6.07) is 0. The third kappa shape index (κ3) is 421. The predicted octanol–water partition coefficient (Wildman–Crippen LogP) is -3.60. The van der Waals surface area contributed by atoms with E-state index in [1.807, 2.05) is 0 Å². The lowest BCUT2D eigenvalue weighted by Gasteiger charge is -1.82. The van der Waals surface area contributed by atoms with Crippen molar-refractivity contribution in [2.75, 3.05) is 0 Å². The van der Waals surface area contributed by atoms with E-state index >= 15 is 0 Å². The highest BCUT2D eigenvalue weighted by atomic mass is 31.2. The summed E-state index contributed by atoms with van der Waals surface area (Å²) >= 11 is 0. The van der Waals surface area contributed by atoms with Crippen LogP contribution in [0.1, 0.15) is 0 Å².